The van der Waals surface area contributed by atoms with Crippen molar-refractivity contribution in [2.24, 2.45) is 0 Å². The fourth-order valence-corrected chi connectivity index (χ4v) is 7.44. The van der Waals surface area contributed by atoms with Crippen LogP contribution in [0.3, 0.4) is 0 Å². The van der Waals surface area contributed by atoms with Crippen LogP contribution in [0, 0.1) is 0 Å². The van der Waals surface area contributed by atoms with Crippen molar-refractivity contribution in [2.45, 2.75) is 235 Å². The maximum atomic E-state index is 12.9. The minimum Gasteiger partial charge on any atom is -0.462 e. The molecule has 2 heterocycles. The lowest BCUT2D eigenvalue weighted by Crippen LogP contribution is -2.61. The highest BCUT2D eigenvalue weighted by molar-refractivity contribution is 5.70. The number of unbranched alkanes of at least 4 members (excludes halogenated alkanes) is 19. The summed E-state index contributed by atoms with van der Waals surface area (Å²) >= 11 is 0. The predicted molar refractivity (Wildman–Crippen MR) is 234 cm³/mol. The summed E-state index contributed by atoms with van der Waals surface area (Å²) in [5.74, 6) is -0.941. The number of carbonyl (C=O) groups excluding carboxylic acids is 2. The zero-order chi connectivity index (χ0) is 45.4. The van der Waals surface area contributed by atoms with Crippen LogP contribution < -0.4 is 0 Å². The lowest BCUT2D eigenvalue weighted by atomic mass is 9.98. The van der Waals surface area contributed by atoms with Gasteiger partial charge in [0.1, 0.15) is 55.4 Å². The molecule has 0 bridgehead atoms. The van der Waals surface area contributed by atoms with Gasteiger partial charge < -0.3 is 64.2 Å². The van der Waals surface area contributed by atoms with Crippen LogP contribution in [0.5, 0.6) is 0 Å². The van der Waals surface area contributed by atoms with E-state index in [1.54, 1.807) is 0 Å². The van der Waals surface area contributed by atoms with Crippen LogP contribution in [-0.2, 0) is 38.0 Å². The largest absolute Gasteiger partial charge is 0.462 e. The van der Waals surface area contributed by atoms with Crippen molar-refractivity contribution in [2.75, 3.05) is 26.4 Å². The maximum absolute atomic E-state index is 12.9. The number of hydrogen-bond acceptors (Lipinski definition) is 15. The molecular formula is C47H84O15. The molecule has 4 unspecified atom stereocenters. The highest BCUT2D eigenvalue weighted by atomic mass is 16.7. The van der Waals surface area contributed by atoms with E-state index in [1.807, 2.05) is 0 Å². The molecule has 2 fully saturated rings. The molecular weight excluding hydrogens is 805 g/mol. The molecule has 0 saturated carbocycles. The molecule has 15 heteroatoms. The van der Waals surface area contributed by atoms with Crippen molar-refractivity contribution >= 4 is 11.9 Å². The van der Waals surface area contributed by atoms with Crippen LogP contribution in [0.25, 0.3) is 0 Å². The molecule has 2 aliphatic rings. The quantitative estimate of drug-likeness (QED) is 0.0231. The SMILES string of the molecule is CCCCCC/C=C/C=C/CCCCCCCC(=O)OC[C@H](CO[C@@H]1O[C@H](CO[C@@H]2O[C@H](CO)[C@H](O)C(O)C2O)[C@H](O)C(O)C1O)OC(=O)CCCCCCCCCCCCC. The highest BCUT2D eigenvalue weighted by Gasteiger charge is 2.47. The van der Waals surface area contributed by atoms with Gasteiger partial charge >= 0.3 is 11.9 Å². The van der Waals surface area contributed by atoms with Crippen molar-refractivity contribution < 1.29 is 73.8 Å². The fourth-order valence-electron chi connectivity index (χ4n) is 7.44. The van der Waals surface area contributed by atoms with Crippen LogP contribution >= 0.6 is 0 Å². The van der Waals surface area contributed by atoms with E-state index in [2.05, 4.69) is 38.2 Å². The molecule has 2 saturated heterocycles. The number of allylic oxidation sites excluding steroid dienone is 4. The van der Waals surface area contributed by atoms with E-state index in [-0.39, 0.29) is 26.1 Å². The lowest BCUT2D eigenvalue weighted by Gasteiger charge is -2.42. The van der Waals surface area contributed by atoms with E-state index in [4.69, 9.17) is 28.4 Å². The van der Waals surface area contributed by atoms with Crippen LogP contribution in [-0.4, -0.2) is 142 Å². The normalized spacial score (nSPS) is 27.2. The molecule has 11 atom stereocenters. The van der Waals surface area contributed by atoms with Gasteiger partial charge in [-0.25, -0.2) is 0 Å². The number of hydrogen-bond donors (Lipinski definition) is 7. The monoisotopic (exact) mass is 889 g/mol. The van der Waals surface area contributed by atoms with Crippen LogP contribution in [0.1, 0.15) is 168 Å². The van der Waals surface area contributed by atoms with Gasteiger partial charge in [0.25, 0.3) is 0 Å². The molecule has 62 heavy (non-hydrogen) atoms. The molecule has 2 rings (SSSR count). The Morgan fingerprint density at radius 2 is 0.952 bits per heavy atom. The molecule has 2 aliphatic heterocycles. The van der Waals surface area contributed by atoms with Gasteiger partial charge in [-0.1, -0.05) is 141 Å². The third-order valence-corrected chi connectivity index (χ3v) is 11.5. The van der Waals surface area contributed by atoms with E-state index >= 15 is 0 Å². The molecule has 0 spiro atoms. The second-order valence-electron chi connectivity index (χ2n) is 17.0. The summed E-state index contributed by atoms with van der Waals surface area (Å²) in [7, 11) is 0. The Balaban J connectivity index is 1.84. The highest BCUT2D eigenvalue weighted by Crippen LogP contribution is 2.26. The van der Waals surface area contributed by atoms with E-state index < -0.39 is 92.7 Å². The Kier molecular flexibility index (Phi) is 31.9. The van der Waals surface area contributed by atoms with Gasteiger partial charge in [0.2, 0.25) is 0 Å². The molecule has 0 aromatic rings. The van der Waals surface area contributed by atoms with Gasteiger partial charge in [-0.15, -0.1) is 0 Å². The number of ether oxygens (including phenoxy) is 6. The standard InChI is InChI=1S/C47H84O15/c1-3-5-7-9-11-13-15-16-17-18-20-21-23-25-27-29-38(49)57-32-35(60-39(50)30-28-26-24-22-19-14-12-10-8-6-4-2)33-58-46-45(56)43(54)41(52)37(62-46)34-59-47-44(55)42(53)40(51)36(31-48)61-47/h13,15-17,35-37,40-48,51-56H,3-12,14,18-34H2,1-2H3/b15-13+,17-16+/t35-,36-,37-,40+,41+,42?,43?,44?,45?,46-,47-/m1/s1. The summed E-state index contributed by atoms with van der Waals surface area (Å²) in [5, 5.41) is 71.9. The van der Waals surface area contributed by atoms with E-state index in [0.29, 0.717) is 12.8 Å². The molecule has 0 aromatic heterocycles. The van der Waals surface area contributed by atoms with Gasteiger partial charge in [0.15, 0.2) is 18.7 Å². The summed E-state index contributed by atoms with van der Waals surface area (Å²) < 4.78 is 33.5. The molecule has 0 amide bonds. The second kappa shape index (κ2) is 35.3. The number of aliphatic hydroxyl groups excluding tert-OH is 7. The molecule has 0 aliphatic carbocycles. The van der Waals surface area contributed by atoms with E-state index in [1.165, 1.54) is 70.6 Å². The van der Waals surface area contributed by atoms with Gasteiger partial charge in [-0.05, 0) is 38.5 Å². The fraction of sp³-hybridized carbons (Fsp3) is 0.872. The number of carbonyl (C=O) groups is 2. The molecule has 15 nitrogen and oxygen atoms in total. The van der Waals surface area contributed by atoms with Crippen molar-refractivity contribution in [3.05, 3.63) is 24.3 Å². The van der Waals surface area contributed by atoms with Crippen molar-refractivity contribution in [1.29, 1.82) is 0 Å². The van der Waals surface area contributed by atoms with Gasteiger partial charge in [-0.2, -0.15) is 0 Å². The Morgan fingerprint density at radius 3 is 1.48 bits per heavy atom. The first-order chi connectivity index (χ1) is 30.0. The van der Waals surface area contributed by atoms with E-state index in [9.17, 15) is 45.3 Å². The number of rotatable bonds is 36. The Hall–Kier alpha value is -2.02. The molecule has 7 N–H and O–H groups in total. The lowest BCUT2D eigenvalue weighted by molar-refractivity contribution is -0.332. The molecule has 0 radical (unpaired) electrons. The van der Waals surface area contributed by atoms with Gasteiger partial charge in [0, 0.05) is 12.8 Å². The maximum Gasteiger partial charge on any atom is 0.306 e. The van der Waals surface area contributed by atoms with Crippen molar-refractivity contribution in [3.63, 3.8) is 0 Å². The Bertz CT molecular complexity index is 1180. The van der Waals surface area contributed by atoms with Crippen molar-refractivity contribution in [3.8, 4) is 0 Å². The minimum absolute atomic E-state index is 0.165. The second-order valence-corrected chi connectivity index (χ2v) is 17.0. The first kappa shape index (κ1) is 56.1. The van der Waals surface area contributed by atoms with Gasteiger partial charge in [0.05, 0.1) is 19.8 Å². The zero-order valence-electron chi connectivity index (χ0n) is 37.9. The summed E-state index contributed by atoms with van der Waals surface area (Å²) in [6.45, 7) is 2.53. The van der Waals surface area contributed by atoms with Crippen LogP contribution in [0.2, 0.25) is 0 Å². The summed E-state index contributed by atoms with van der Waals surface area (Å²) in [6, 6.07) is 0. The smallest absolute Gasteiger partial charge is 0.306 e. The Labute approximate surface area is 371 Å². The average molecular weight is 889 g/mol. The number of aliphatic hydroxyl groups is 7. The summed E-state index contributed by atoms with van der Waals surface area (Å²) in [6.07, 6.45) is 16.4. The van der Waals surface area contributed by atoms with E-state index in [0.717, 1.165) is 57.8 Å². The summed E-state index contributed by atoms with van der Waals surface area (Å²) in [4.78, 5) is 25.6. The predicted octanol–water partition coefficient (Wildman–Crippen LogP) is 5.60. The zero-order valence-corrected chi connectivity index (χ0v) is 37.9. The average Bonchev–Trinajstić information content (AvgIpc) is 3.26. The third-order valence-electron chi connectivity index (χ3n) is 11.5. The van der Waals surface area contributed by atoms with Gasteiger partial charge in [-0.3, -0.25) is 9.59 Å². The first-order valence-corrected chi connectivity index (χ1v) is 23.9. The summed E-state index contributed by atoms with van der Waals surface area (Å²) in [5.41, 5.74) is 0. The Morgan fingerprint density at radius 1 is 0.516 bits per heavy atom. The minimum atomic E-state index is -1.76. The molecule has 362 valence electrons. The number of esters is 2. The third kappa shape index (κ3) is 23.8. The first-order valence-electron chi connectivity index (χ1n) is 23.9. The topological polar surface area (TPSA) is 231 Å². The van der Waals surface area contributed by atoms with Crippen LogP contribution in [0.15, 0.2) is 24.3 Å². The van der Waals surface area contributed by atoms with Crippen LogP contribution in [0.4, 0.5) is 0 Å². The van der Waals surface area contributed by atoms with Crippen molar-refractivity contribution in [1.82, 2.24) is 0 Å². The molecule has 0 aromatic carbocycles.